The molecule has 19 heavy (non-hydrogen) atoms. The van der Waals surface area contributed by atoms with Gasteiger partial charge in [0, 0.05) is 12.1 Å². The summed E-state index contributed by atoms with van der Waals surface area (Å²) in [6.07, 6.45) is 4.44. The lowest BCUT2D eigenvalue weighted by Crippen LogP contribution is -2.36. The van der Waals surface area contributed by atoms with E-state index in [0.717, 1.165) is 12.1 Å². The molecule has 0 saturated carbocycles. The Labute approximate surface area is 113 Å². The molecule has 2 unspecified atom stereocenters. The minimum atomic E-state index is -0.394. The number of carbonyl (C=O) groups excluding carboxylic acids is 1. The molecule has 0 spiro atoms. The molecular weight excluding hydrogens is 238 g/mol. The lowest BCUT2D eigenvalue weighted by molar-refractivity contribution is -0.123. The number of Topliss-reactive ketones (excluding diaryl/α,β-unsaturated/α-hetero) is 1. The van der Waals surface area contributed by atoms with Crippen LogP contribution in [0.5, 0.6) is 0 Å². The van der Waals surface area contributed by atoms with Gasteiger partial charge in [0.05, 0.1) is 11.6 Å². The summed E-state index contributed by atoms with van der Waals surface area (Å²) in [6.45, 7) is 3.92. The summed E-state index contributed by atoms with van der Waals surface area (Å²) < 4.78 is 0. The van der Waals surface area contributed by atoms with Gasteiger partial charge in [-0.3, -0.25) is 4.79 Å². The Morgan fingerprint density at radius 2 is 2.11 bits per heavy atom. The van der Waals surface area contributed by atoms with Crippen molar-refractivity contribution < 1.29 is 4.79 Å². The van der Waals surface area contributed by atoms with Crippen molar-refractivity contribution in [3.63, 3.8) is 0 Å². The van der Waals surface area contributed by atoms with E-state index < -0.39 is 5.92 Å². The summed E-state index contributed by atoms with van der Waals surface area (Å²) in [5, 5.41) is 5.98. The molecule has 1 aliphatic rings. The number of benzene rings is 1. The van der Waals surface area contributed by atoms with Gasteiger partial charge in [-0.05, 0) is 24.6 Å². The van der Waals surface area contributed by atoms with Gasteiger partial charge in [-0.1, -0.05) is 32.0 Å². The van der Waals surface area contributed by atoms with E-state index in [1.54, 1.807) is 11.2 Å². The molecule has 1 aromatic carbocycles. The van der Waals surface area contributed by atoms with Crippen LogP contribution >= 0.6 is 0 Å². The maximum absolute atomic E-state index is 12.2. The summed E-state index contributed by atoms with van der Waals surface area (Å²) in [6, 6.07) is 9.70. The van der Waals surface area contributed by atoms with Crippen LogP contribution in [-0.2, 0) is 4.79 Å². The average Bonchev–Trinajstić information content (AvgIpc) is 2.46. The zero-order chi connectivity index (χ0) is 13.8. The summed E-state index contributed by atoms with van der Waals surface area (Å²) in [4.78, 5) is 12.2. The summed E-state index contributed by atoms with van der Waals surface area (Å²) in [5.41, 5.74) is 6.86. The van der Waals surface area contributed by atoms with Crippen molar-refractivity contribution in [2.75, 3.05) is 5.01 Å². The number of nitrogens with two attached hydrogens (primary N) is 1. The number of hydrogen-bond donors (Lipinski definition) is 1. The molecule has 0 radical (unpaired) electrons. The van der Waals surface area contributed by atoms with Gasteiger partial charge in [0.1, 0.15) is 11.6 Å². The van der Waals surface area contributed by atoms with Crippen LogP contribution in [0.2, 0.25) is 0 Å². The minimum absolute atomic E-state index is 0.00618. The average molecular weight is 257 g/mol. The second-order valence-corrected chi connectivity index (χ2v) is 4.74. The molecule has 1 heterocycles. The van der Waals surface area contributed by atoms with Gasteiger partial charge in [0.15, 0.2) is 0 Å². The Balaban J connectivity index is 2.17. The maximum atomic E-state index is 12.2. The Morgan fingerprint density at radius 3 is 2.68 bits per heavy atom. The molecule has 0 aliphatic carbocycles. The number of nitrogens with zero attached hydrogens (tertiary/aromatic N) is 2. The van der Waals surface area contributed by atoms with Crippen molar-refractivity contribution in [3.8, 4) is 0 Å². The van der Waals surface area contributed by atoms with Crippen molar-refractivity contribution in [3.05, 3.63) is 42.6 Å². The smallest absolute Gasteiger partial charge is 0.150 e. The van der Waals surface area contributed by atoms with Crippen molar-refractivity contribution in [1.82, 2.24) is 0 Å². The van der Waals surface area contributed by atoms with E-state index in [-0.39, 0.29) is 11.7 Å². The zero-order valence-corrected chi connectivity index (χ0v) is 11.3. The van der Waals surface area contributed by atoms with E-state index >= 15 is 0 Å². The van der Waals surface area contributed by atoms with Crippen molar-refractivity contribution in [2.45, 2.75) is 20.3 Å². The number of anilines is 1. The van der Waals surface area contributed by atoms with Gasteiger partial charge in [0.25, 0.3) is 0 Å². The molecule has 0 amide bonds. The molecule has 4 nitrogen and oxygen atoms in total. The molecule has 0 fully saturated rings. The number of rotatable bonds is 4. The fourth-order valence-corrected chi connectivity index (χ4v) is 1.96. The predicted molar refractivity (Wildman–Crippen MR) is 77.6 cm³/mol. The van der Waals surface area contributed by atoms with Gasteiger partial charge in [-0.15, -0.1) is 0 Å². The monoisotopic (exact) mass is 257 g/mol. The van der Waals surface area contributed by atoms with E-state index in [1.807, 2.05) is 50.3 Å². The molecule has 2 N–H and O–H groups in total. The molecule has 0 aromatic heterocycles. The number of carbonyl (C=O) groups is 1. The van der Waals surface area contributed by atoms with E-state index in [0.29, 0.717) is 5.84 Å². The first-order valence-corrected chi connectivity index (χ1v) is 6.53. The van der Waals surface area contributed by atoms with Gasteiger partial charge in [-0.2, -0.15) is 5.10 Å². The summed E-state index contributed by atoms with van der Waals surface area (Å²) >= 11 is 0. The van der Waals surface area contributed by atoms with E-state index in [9.17, 15) is 4.79 Å². The molecule has 2 atom stereocenters. The SMILES string of the molecule is CCC(C)C(=O)C1C=CN(c2ccccc2)N=C1N. The van der Waals surface area contributed by atoms with Gasteiger partial charge in [-0.25, -0.2) is 5.01 Å². The normalized spacial score (nSPS) is 20.0. The van der Waals surface area contributed by atoms with Gasteiger partial charge < -0.3 is 5.73 Å². The quantitative estimate of drug-likeness (QED) is 0.901. The first-order valence-electron chi connectivity index (χ1n) is 6.53. The topological polar surface area (TPSA) is 58.7 Å². The third-order valence-electron chi connectivity index (χ3n) is 3.39. The van der Waals surface area contributed by atoms with E-state index in [2.05, 4.69) is 5.10 Å². The number of ketones is 1. The van der Waals surface area contributed by atoms with Crippen LogP contribution < -0.4 is 10.7 Å². The molecule has 0 bridgehead atoms. The summed E-state index contributed by atoms with van der Waals surface area (Å²) in [7, 11) is 0. The second-order valence-electron chi connectivity index (χ2n) is 4.74. The Morgan fingerprint density at radius 1 is 1.42 bits per heavy atom. The Hall–Kier alpha value is -2.10. The fourth-order valence-electron chi connectivity index (χ4n) is 1.96. The van der Waals surface area contributed by atoms with Crippen LogP contribution in [0.1, 0.15) is 20.3 Å². The highest BCUT2D eigenvalue weighted by molar-refractivity contribution is 6.06. The van der Waals surface area contributed by atoms with Crippen LogP contribution in [0.3, 0.4) is 0 Å². The predicted octanol–water partition coefficient (Wildman–Crippen LogP) is 2.52. The number of hydrazone groups is 1. The summed E-state index contributed by atoms with van der Waals surface area (Å²) in [5.74, 6) is 0.103. The van der Waals surface area contributed by atoms with Crippen LogP contribution in [-0.4, -0.2) is 11.6 Å². The molecule has 100 valence electrons. The molecule has 4 heteroatoms. The first-order chi connectivity index (χ1) is 9.13. The lowest BCUT2D eigenvalue weighted by atomic mass is 9.91. The van der Waals surface area contributed by atoms with E-state index in [1.165, 1.54) is 0 Å². The van der Waals surface area contributed by atoms with Gasteiger partial charge >= 0.3 is 0 Å². The molecule has 0 saturated heterocycles. The number of amidine groups is 1. The van der Waals surface area contributed by atoms with Crippen LogP contribution in [0.4, 0.5) is 5.69 Å². The third-order valence-corrected chi connectivity index (χ3v) is 3.39. The second kappa shape index (κ2) is 5.69. The standard InChI is InChI=1S/C15H19N3O/c1-3-11(2)14(19)13-9-10-18(17-15(13)16)12-7-5-4-6-8-12/h4-11,13H,3H2,1-2H3,(H2,16,17). The highest BCUT2D eigenvalue weighted by Gasteiger charge is 2.26. The van der Waals surface area contributed by atoms with Crippen molar-refractivity contribution >= 4 is 17.3 Å². The first kappa shape index (κ1) is 13.3. The fraction of sp³-hybridized carbons (Fsp3) is 0.333. The number of para-hydroxylation sites is 1. The Bertz CT molecular complexity index is 507. The van der Waals surface area contributed by atoms with Gasteiger partial charge in [0.2, 0.25) is 0 Å². The highest BCUT2D eigenvalue weighted by Crippen LogP contribution is 2.21. The van der Waals surface area contributed by atoms with Crippen molar-refractivity contribution in [1.29, 1.82) is 0 Å². The largest absolute Gasteiger partial charge is 0.385 e. The van der Waals surface area contributed by atoms with Crippen LogP contribution in [0.25, 0.3) is 0 Å². The van der Waals surface area contributed by atoms with Crippen LogP contribution in [0, 0.1) is 11.8 Å². The number of hydrogen-bond acceptors (Lipinski definition) is 4. The molecule has 1 aromatic rings. The van der Waals surface area contributed by atoms with Crippen molar-refractivity contribution in [2.24, 2.45) is 22.7 Å². The lowest BCUT2D eigenvalue weighted by Gasteiger charge is -2.24. The molecule has 1 aliphatic heterocycles. The molecular formula is C15H19N3O. The Kier molecular flexibility index (Phi) is 4.00. The molecule has 2 rings (SSSR count). The third kappa shape index (κ3) is 2.84. The van der Waals surface area contributed by atoms with E-state index in [4.69, 9.17) is 5.73 Å². The van der Waals surface area contributed by atoms with Crippen LogP contribution in [0.15, 0.2) is 47.7 Å². The maximum Gasteiger partial charge on any atom is 0.150 e. The minimum Gasteiger partial charge on any atom is -0.385 e. The zero-order valence-electron chi connectivity index (χ0n) is 11.3. The highest BCUT2D eigenvalue weighted by atomic mass is 16.1.